The van der Waals surface area contributed by atoms with Crippen molar-refractivity contribution in [3.05, 3.63) is 33.7 Å². The van der Waals surface area contributed by atoms with Gasteiger partial charge in [-0.1, -0.05) is 0 Å². The van der Waals surface area contributed by atoms with Crippen LogP contribution in [0.1, 0.15) is 36.9 Å². The summed E-state index contributed by atoms with van der Waals surface area (Å²) in [5.41, 5.74) is 1.67. The standard InChI is InChI=1S/C12H16N2O2/c1-8-6-10(7-13-12(8)16)11-4-3-5-14(11)9(2)15/h6-7,11H,3-5H2,1-2H3,(H,13,16)/t11-/m0/s1. The fourth-order valence-electron chi connectivity index (χ4n) is 2.30. The Balaban J connectivity index is 2.33. The molecule has 1 amide bonds. The first-order valence-electron chi connectivity index (χ1n) is 5.56. The van der Waals surface area contributed by atoms with Crippen molar-refractivity contribution < 1.29 is 4.79 Å². The van der Waals surface area contributed by atoms with Crippen molar-refractivity contribution in [2.75, 3.05) is 6.54 Å². The Morgan fingerprint density at radius 3 is 2.94 bits per heavy atom. The van der Waals surface area contributed by atoms with Crippen molar-refractivity contribution in [1.82, 2.24) is 9.88 Å². The van der Waals surface area contributed by atoms with Crippen LogP contribution < -0.4 is 5.56 Å². The van der Waals surface area contributed by atoms with E-state index in [2.05, 4.69) is 4.98 Å². The third-order valence-corrected chi connectivity index (χ3v) is 3.15. The van der Waals surface area contributed by atoms with Gasteiger partial charge in [-0.15, -0.1) is 0 Å². The Hall–Kier alpha value is -1.58. The maximum Gasteiger partial charge on any atom is 0.250 e. The number of carbonyl (C=O) groups is 1. The molecule has 4 heteroatoms. The Kier molecular flexibility index (Phi) is 2.81. The van der Waals surface area contributed by atoms with Gasteiger partial charge in [0.05, 0.1) is 6.04 Å². The number of carbonyl (C=O) groups excluding carboxylic acids is 1. The molecule has 0 spiro atoms. The van der Waals surface area contributed by atoms with Crippen molar-refractivity contribution >= 4 is 5.91 Å². The molecule has 86 valence electrons. The highest BCUT2D eigenvalue weighted by Crippen LogP contribution is 2.31. The molecule has 0 radical (unpaired) electrons. The maximum atomic E-state index is 11.4. The van der Waals surface area contributed by atoms with Crippen LogP contribution >= 0.6 is 0 Å². The average molecular weight is 220 g/mol. The molecule has 1 aromatic rings. The number of rotatable bonds is 1. The molecule has 2 rings (SSSR count). The van der Waals surface area contributed by atoms with E-state index < -0.39 is 0 Å². The number of hydrogen-bond donors (Lipinski definition) is 1. The first kappa shape index (κ1) is 10.9. The summed E-state index contributed by atoms with van der Waals surface area (Å²) in [6.45, 7) is 4.20. The topological polar surface area (TPSA) is 53.2 Å². The molecule has 4 nitrogen and oxygen atoms in total. The molecule has 0 unspecified atom stereocenters. The number of hydrogen-bond acceptors (Lipinski definition) is 2. The molecule has 0 aromatic carbocycles. The Morgan fingerprint density at radius 1 is 1.56 bits per heavy atom. The largest absolute Gasteiger partial charge is 0.336 e. The number of pyridine rings is 1. The van der Waals surface area contributed by atoms with Crippen molar-refractivity contribution in [2.45, 2.75) is 32.7 Å². The van der Waals surface area contributed by atoms with Crippen molar-refractivity contribution in [3.8, 4) is 0 Å². The first-order chi connectivity index (χ1) is 7.59. The molecule has 0 aliphatic carbocycles. The Morgan fingerprint density at radius 2 is 2.31 bits per heavy atom. The van der Waals surface area contributed by atoms with Crippen LogP contribution in [0.5, 0.6) is 0 Å². The highest BCUT2D eigenvalue weighted by molar-refractivity contribution is 5.74. The lowest BCUT2D eigenvalue weighted by atomic mass is 10.1. The number of aromatic nitrogens is 1. The molecule has 1 aliphatic heterocycles. The van der Waals surface area contributed by atoms with Crippen LogP contribution in [0.25, 0.3) is 0 Å². The summed E-state index contributed by atoms with van der Waals surface area (Å²) in [6, 6.07) is 2.01. The Bertz CT molecular complexity index is 464. The highest BCUT2D eigenvalue weighted by atomic mass is 16.2. The van der Waals surface area contributed by atoms with E-state index in [9.17, 15) is 9.59 Å². The minimum absolute atomic E-state index is 0.0591. The molecule has 0 saturated carbocycles. The van der Waals surface area contributed by atoms with Crippen LogP contribution in [0.15, 0.2) is 17.1 Å². The van der Waals surface area contributed by atoms with E-state index in [1.165, 1.54) is 0 Å². The lowest BCUT2D eigenvalue weighted by molar-refractivity contribution is -0.129. The van der Waals surface area contributed by atoms with Gasteiger partial charge in [0.2, 0.25) is 5.91 Å². The van der Waals surface area contributed by atoms with Crippen molar-refractivity contribution in [1.29, 1.82) is 0 Å². The second kappa shape index (κ2) is 4.12. The van der Waals surface area contributed by atoms with Crippen molar-refractivity contribution in [2.24, 2.45) is 0 Å². The second-order valence-electron chi connectivity index (χ2n) is 4.32. The van der Waals surface area contributed by atoms with Crippen LogP contribution in [0, 0.1) is 6.92 Å². The van der Waals surface area contributed by atoms with Crippen LogP contribution in [0.3, 0.4) is 0 Å². The number of nitrogens with one attached hydrogen (secondary N) is 1. The van der Waals surface area contributed by atoms with E-state index >= 15 is 0 Å². The second-order valence-corrected chi connectivity index (χ2v) is 4.32. The zero-order valence-corrected chi connectivity index (χ0v) is 9.62. The van der Waals surface area contributed by atoms with Crippen molar-refractivity contribution in [3.63, 3.8) is 0 Å². The van der Waals surface area contributed by atoms with E-state index in [-0.39, 0.29) is 17.5 Å². The summed E-state index contributed by atoms with van der Waals surface area (Å²) >= 11 is 0. The van der Waals surface area contributed by atoms with Crippen LogP contribution in [-0.4, -0.2) is 22.3 Å². The van der Waals surface area contributed by atoms with E-state index in [4.69, 9.17) is 0 Å². The van der Waals surface area contributed by atoms with E-state index in [1.807, 2.05) is 11.0 Å². The SMILES string of the molecule is CC(=O)N1CCC[C@H]1c1c[nH]c(=O)c(C)c1. The summed E-state index contributed by atoms with van der Waals surface area (Å²) in [7, 11) is 0. The van der Waals surface area contributed by atoms with Gasteiger partial charge in [0.25, 0.3) is 5.56 Å². The number of amides is 1. The average Bonchev–Trinajstić information content (AvgIpc) is 2.71. The number of likely N-dealkylation sites (tertiary alicyclic amines) is 1. The van der Waals surface area contributed by atoms with Gasteiger partial charge in [0, 0.05) is 25.2 Å². The number of H-pyrrole nitrogens is 1. The number of aromatic amines is 1. The van der Waals surface area contributed by atoms with Gasteiger partial charge in [-0.05, 0) is 31.4 Å². The molecule has 1 aromatic heterocycles. The lowest BCUT2D eigenvalue weighted by Crippen LogP contribution is -2.28. The number of aryl methyl sites for hydroxylation is 1. The molecule has 0 bridgehead atoms. The summed E-state index contributed by atoms with van der Waals surface area (Å²) < 4.78 is 0. The van der Waals surface area contributed by atoms with Gasteiger partial charge in [-0.2, -0.15) is 0 Å². The molecule has 1 saturated heterocycles. The van der Waals surface area contributed by atoms with Crippen LogP contribution in [0.2, 0.25) is 0 Å². The van der Waals surface area contributed by atoms with Gasteiger partial charge in [-0.25, -0.2) is 0 Å². The summed E-state index contributed by atoms with van der Waals surface area (Å²) in [6.07, 6.45) is 3.73. The van der Waals surface area contributed by atoms with E-state index in [0.717, 1.165) is 24.9 Å². The van der Waals surface area contributed by atoms with E-state index in [0.29, 0.717) is 5.56 Å². The Labute approximate surface area is 94.3 Å². The quantitative estimate of drug-likeness (QED) is 0.777. The van der Waals surface area contributed by atoms with Crippen LogP contribution in [-0.2, 0) is 4.79 Å². The molecule has 16 heavy (non-hydrogen) atoms. The lowest BCUT2D eigenvalue weighted by Gasteiger charge is -2.23. The van der Waals surface area contributed by atoms with Gasteiger partial charge in [0.15, 0.2) is 0 Å². The highest BCUT2D eigenvalue weighted by Gasteiger charge is 2.27. The van der Waals surface area contributed by atoms with Gasteiger partial charge in [0.1, 0.15) is 0 Å². The molecule has 2 heterocycles. The number of nitrogens with zero attached hydrogens (tertiary/aromatic N) is 1. The zero-order valence-electron chi connectivity index (χ0n) is 9.62. The van der Waals surface area contributed by atoms with E-state index in [1.54, 1.807) is 20.0 Å². The van der Waals surface area contributed by atoms with Gasteiger partial charge >= 0.3 is 0 Å². The normalized spacial score (nSPS) is 20.1. The fraction of sp³-hybridized carbons (Fsp3) is 0.500. The minimum Gasteiger partial charge on any atom is -0.336 e. The molecule has 1 N–H and O–H groups in total. The summed E-state index contributed by atoms with van der Waals surface area (Å²) in [4.78, 5) is 27.3. The van der Waals surface area contributed by atoms with Crippen LogP contribution in [0.4, 0.5) is 0 Å². The minimum atomic E-state index is -0.0591. The fourth-order valence-corrected chi connectivity index (χ4v) is 2.30. The van der Waals surface area contributed by atoms with Gasteiger partial charge in [-0.3, -0.25) is 9.59 Å². The summed E-state index contributed by atoms with van der Waals surface area (Å²) in [5, 5.41) is 0. The molecule has 1 atom stereocenters. The third-order valence-electron chi connectivity index (χ3n) is 3.15. The molecular formula is C12H16N2O2. The van der Waals surface area contributed by atoms with Gasteiger partial charge < -0.3 is 9.88 Å². The first-order valence-corrected chi connectivity index (χ1v) is 5.56. The predicted octanol–water partition coefficient (Wildman–Crippen LogP) is 1.37. The zero-order chi connectivity index (χ0) is 11.7. The predicted molar refractivity (Wildman–Crippen MR) is 61.2 cm³/mol. The maximum absolute atomic E-state index is 11.4. The molecule has 1 fully saturated rings. The smallest absolute Gasteiger partial charge is 0.250 e. The molecule has 1 aliphatic rings. The third kappa shape index (κ3) is 1.87. The summed E-state index contributed by atoms with van der Waals surface area (Å²) in [5.74, 6) is 0.103. The monoisotopic (exact) mass is 220 g/mol. The molecular weight excluding hydrogens is 204 g/mol.